The van der Waals surface area contributed by atoms with E-state index in [2.05, 4.69) is 4.90 Å². The van der Waals surface area contributed by atoms with Gasteiger partial charge in [0, 0.05) is 24.7 Å². The molecule has 0 radical (unpaired) electrons. The van der Waals surface area contributed by atoms with Crippen LogP contribution in [0.3, 0.4) is 0 Å². The lowest BCUT2D eigenvalue weighted by atomic mass is 10.1. The van der Waals surface area contributed by atoms with Crippen LogP contribution in [-0.2, 0) is 9.47 Å². The molecule has 2 aliphatic heterocycles. The fourth-order valence-electron chi connectivity index (χ4n) is 3.98. The summed E-state index contributed by atoms with van der Waals surface area (Å²) in [4.78, 5) is 4.06. The number of hydrogen-bond acceptors (Lipinski definition) is 5. The van der Waals surface area contributed by atoms with Crippen molar-refractivity contribution >= 4 is 5.69 Å². The molecule has 0 aromatic heterocycles. The van der Waals surface area contributed by atoms with Crippen molar-refractivity contribution < 1.29 is 27.4 Å². The van der Waals surface area contributed by atoms with Crippen molar-refractivity contribution in [1.82, 2.24) is 4.90 Å². The van der Waals surface area contributed by atoms with Gasteiger partial charge in [-0.3, -0.25) is 0 Å². The third-order valence-electron chi connectivity index (χ3n) is 5.34. The zero-order valence-electron chi connectivity index (χ0n) is 16.9. The Morgan fingerprint density at radius 3 is 2.43 bits per heavy atom. The van der Waals surface area contributed by atoms with Crippen LogP contribution in [0.5, 0.6) is 11.5 Å². The molecule has 4 rings (SSSR count). The molecule has 8 heteroatoms. The molecule has 2 saturated heterocycles. The smallest absolute Gasteiger partial charge is 0.198 e. The van der Waals surface area contributed by atoms with Gasteiger partial charge in [-0.1, -0.05) is 6.07 Å². The van der Waals surface area contributed by atoms with Crippen molar-refractivity contribution in [2.75, 3.05) is 51.3 Å². The van der Waals surface area contributed by atoms with E-state index in [9.17, 15) is 13.2 Å². The highest BCUT2D eigenvalue weighted by Gasteiger charge is 2.40. The van der Waals surface area contributed by atoms with Gasteiger partial charge in [-0.15, -0.1) is 0 Å². The summed E-state index contributed by atoms with van der Waals surface area (Å²) in [5.41, 5.74) is 0.376. The van der Waals surface area contributed by atoms with E-state index in [4.69, 9.17) is 14.2 Å². The fourth-order valence-corrected chi connectivity index (χ4v) is 3.98. The first-order valence-electron chi connectivity index (χ1n) is 10.1. The summed E-state index contributed by atoms with van der Waals surface area (Å²) >= 11 is 0. The highest BCUT2D eigenvalue weighted by atomic mass is 19.2. The van der Waals surface area contributed by atoms with Crippen molar-refractivity contribution in [3.05, 3.63) is 53.8 Å². The molecular formula is C22H25F3N2O3. The van der Waals surface area contributed by atoms with Crippen LogP contribution in [0, 0.1) is 17.5 Å². The zero-order valence-corrected chi connectivity index (χ0v) is 16.9. The first-order chi connectivity index (χ1) is 14.4. The minimum Gasteiger partial charge on any atom is -0.455 e. The summed E-state index contributed by atoms with van der Waals surface area (Å²) in [5.74, 6) is -3.03. The van der Waals surface area contributed by atoms with Gasteiger partial charge in [-0.2, -0.15) is 0 Å². The van der Waals surface area contributed by atoms with Crippen LogP contribution < -0.4 is 9.64 Å². The molecule has 0 unspecified atom stereocenters. The van der Waals surface area contributed by atoms with E-state index in [1.54, 1.807) is 6.07 Å². The molecule has 162 valence electrons. The third-order valence-corrected chi connectivity index (χ3v) is 5.34. The summed E-state index contributed by atoms with van der Waals surface area (Å²) < 4.78 is 59.6. The van der Waals surface area contributed by atoms with E-state index in [0.717, 1.165) is 31.5 Å². The number of rotatable bonds is 3. The van der Waals surface area contributed by atoms with Gasteiger partial charge in [0.15, 0.2) is 23.2 Å². The molecular weight excluding hydrogens is 397 g/mol. The lowest BCUT2D eigenvalue weighted by Gasteiger charge is -2.36. The largest absolute Gasteiger partial charge is 0.455 e. The molecule has 2 aromatic rings. The highest BCUT2D eigenvalue weighted by molar-refractivity contribution is 5.60. The van der Waals surface area contributed by atoms with E-state index >= 15 is 0 Å². The Morgan fingerprint density at radius 1 is 0.933 bits per heavy atom. The highest BCUT2D eigenvalue weighted by Crippen LogP contribution is 2.37. The van der Waals surface area contributed by atoms with E-state index in [-0.39, 0.29) is 11.5 Å². The zero-order chi connectivity index (χ0) is 21.1. The molecule has 2 aromatic carbocycles. The molecule has 1 spiro atoms. The minimum absolute atomic E-state index is 0.111. The molecule has 30 heavy (non-hydrogen) atoms. The lowest BCUT2D eigenvalue weighted by Crippen LogP contribution is -2.50. The second-order valence-electron chi connectivity index (χ2n) is 7.77. The summed E-state index contributed by atoms with van der Waals surface area (Å²) in [7, 11) is 2.01. The maximum Gasteiger partial charge on any atom is 0.198 e. The number of nitrogens with zero attached hydrogens (tertiary/aromatic N) is 2. The fraction of sp³-hybridized carbons (Fsp3) is 0.455. The van der Waals surface area contributed by atoms with Crippen LogP contribution in [-0.4, -0.2) is 57.1 Å². The molecule has 0 atom stereocenters. The Hall–Kier alpha value is -2.29. The number of halogens is 3. The van der Waals surface area contributed by atoms with Crippen molar-refractivity contribution in [2.45, 2.75) is 18.6 Å². The van der Waals surface area contributed by atoms with Crippen LogP contribution in [0.15, 0.2) is 36.4 Å². The second-order valence-corrected chi connectivity index (χ2v) is 7.77. The van der Waals surface area contributed by atoms with E-state index < -0.39 is 23.2 Å². The van der Waals surface area contributed by atoms with Crippen LogP contribution in [0.4, 0.5) is 18.9 Å². The van der Waals surface area contributed by atoms with Crippen molar-refractivity contribution in [3.8, 4) is 11.5 Å². The van der Waals surface area contributed by atoms with Gasteiger partial charge in [0.2, 0.25) is 0 Å². The van der Waals surface area contributed by atoms with Crippen molar-refractivity contribution in [2.24, 2.45) is 0 Å². The summed E-state index contributed by atoms with van der Waals surface area (Å²) in [6, 6.07) is 7.66. The first kappa shape index (κ1) is 21.0. The summed E-state index contributed by atoms with van der Waals surface area (Å²) in [5, 5.41) is 0. The topological polar surface area (TPSA) is 34.2 Å². The van der Waals surface area contributed by atoms with Crippen molar-refractivity contribution in [1.29, 1.82) is 0 Å². The second kappa shape index (κ2) is 8.83. The molecule has 0 bridgehead atoms. The Bertz CT molecular complexity index is 890. The molecule has 0 amide bonds. The van der Waals surface area contributed by atoms with Gasteiger partial charge < -0.3 is 24.0 Å². The number of likely N-dealkylation sites (N-methyl/N-ethyl adjacent to an activating group) is 1. The SMILES string of the molecule is CN1CCCCN(c2cc(F)c(F)cc2Oc2cccc(F)c2)CC2(C1)OCCO2. The van der Waals surface area contributed by atoms with E-state index in [0.29, 0.717) is 38.5 Å². The normalized spacial score (nSPS) is 20.1. The van der Waals surface area contributed by atoms with Gasteiger partial charge in [0.25, 0.3) is 0 Å². The number of anilines is 1. The van der Waals surface area contributed by atoms with Gasteiger partial charge in [-0.25, -0.2) is 13.2 Å². The molecule has 0 N–H and O–H groups in total. The lowest BCUT2D eigenvalue weighted by molar-refractivity contribution is -0.160. The van der Waals surface area contributed by atoms with Crippen LogP contribution in [0.25, 0.3) is 0 Å². The average Bonchev–Trinajstić information content (AvgIpc) is 3.17. The number of benzene rings is 2. The molecule has 5 nitrogen and oxygen atoms in total. The van der Waals surface area contributed by atoms with E-state index in [1.807, 2.05) is 11.9 Å². The molecule has 0 saturated carbocycles. The monoisotopic (exact) mass is 422 g/mol. The maximum absolute atomic E-state index is 14.2. The van der Waals surface area contributed by atoms with E-state index in [1.165, 1.54) is 18.2 Å². The average molecular weight is 422 g/mol. The predicted molar refractivity (Wildman–Crippen MR) is 106 cm³/mol. The van der Waals surface area contributed by atoms with Gasteiger partial charge in [0.05, 0.1) is 32.0 Å². The minimum atomic E-state index is -1.03. The maximum atomic E-state index is 14.2. The van der Waals surface area contributed by atoms with Crippen molar-refractivity contribution in [3.63, 3.8) is 0 Å². The van der Waals surface area contributed by atoms with Crippen LogP contribution in [0.1, 0.15) is 12.8 Å². The molecule has 2 heterocycles. The van der Waals surface area contributed by atoms with Crippen LogP contribution >= 0.6 is 0 Å². The summed E-state index contributed by atoms with van der Waals surface area (Å²) in [6.45, 7) is 3.33. The Labute approximate surface area is 173 Å². The van der Waals surface area contributed by atoms with Gasteiger partial charge in [-0.05, 0) is 38.6 Å². The Balaban J connectivity index is 1.70. The number of ether oxygens (including phenoxy) is 3. The molecule has 2 fully saturated rings. The summed E-state index contributed by atoms with van der Waals surface area (Å²) in [6.07, 6.45) is 1.78. The van der Waals surface area contributed by atoms with Gasteiger partial charge >= 0.3 is 0 Å². The number of hydrogen-bond donors (Lipinski definition) is 0. The first-order valence-corrected chi connectivity index (χ1v) is 10.1. The van der Waals surface area contributed by atoms with Gasteiger partial charge in [0.1, 0.15) is 11.6 Å². The Morgan fingerprint density at radius 2 is 1.67 bits per heavy atom. The predicted octanol–water partition coefficient (Wildman–Crippen LogP) is 4.17. The standard InChI is InChI=1S/C22H25F3N2O3/c1-26-7-2-3-8-27(15-22(14-26)28-9-10-29-22)20-12-18(24)19(25)13-21(20)30-17-6-4-5-16(23)11-17/h4-6,11-13H,2-3,7-10,14-15H2,1H3. The Kier molecular flexibility index (Phi) is 6.17. The quantitative estimate of drug-likeness (QED) is 0.742. The molecule has 0 aliphatic carbocycles. The third kappa shape index (κ3) is 4.71. The molecule has 2 aliphatic rings. The van der Waals surface area contributed by atoms with Crippen LogP contribution in [0.2, 0.25) is 0 Å².